The van der Waals surface area contributed by atoms with Crippen molar-refractivity contribution in [2.45, 2.75) is 18.9 Å². The van der Waals surface area contributed by atoms with Crippen LogP contribution in [-0.4, -0.2) is 55.9 Å². The van der Waals surface area contributed by atoms with Crippen LogP contribution >= 0.6 is 11.6 Å². The Balaban J connectivity index is 1.63. The standard InChI is InChI=1S/C23H22ClN3O5S/c1-31-19-10-13-9-16-21(23(28)25-14-7-8-33(29,30)12-14)26-27(18-6-4-3-5-17(18)24)22(16)15(13)11-20(19)32-2/h3-6,10-11,14H,7-9,12H2,1-2H3,(H,25,28)/t14-/m0/s1. The van der Waals surface area contributed by atoms with Crippen molar-refractivity contribution in [1.82, 2.24) is 15.1 Å². The molecule has 1 saturated heterocycles. The maximum absolute atomic E-state index is 13.2. The highest BCUT2D eigenvalue weighted by Crippen LogP contribution is 2.45. The van der Waals surface area contributed by atoms with Crippen LogP contribution in [0.25, 0.3) is 16.9 Å². The van der Waals surface area contributed by atoms with Crippen molar-refractivity contribution in [1.29, 1.82) is 0 Å². The van der Waals surface area contributed by atoms with Crippen LogP contribution in [0.2, 0.25) is 5.02 Å². The number of nitrogens with zero attached hydrogens (tertiary/aromatic N) is 2. The second-order valence-electron chi connectivity index (χ2n) is 8.15. The van der Waals surface area contributed by atoms with Crippen LogP contribution in [0.5, 0.6) is 11.5 Å². The molecule has 1 aliphatic carbocycles. The zero-order valence-electron chi connectivity index (χ0n) is 18.1. The number of carbonyl (C=O) groups excluding carboxylic acids is 1. The minimum absolute atomic E-state index is 0.0548. The fourth-order valence-corrected chi connectivity index (χ4v) is 6.40. The molecule has 2 aromatic carbocycles. The van der Waals surface area contributed by atoms with Crippen molar-refractivity contribution in [3.63, 3.8) is 0 Å². The zero-order chi connectivity index (χ0) is 23.3. The quantitative estimate of drug-likeness (QED) is 0.464. The third kappa shape index (κ3) is 3.75. The molecule has 1 atom stereocenters. The van der Waals surface area contributed by atoms with Gasteiger partial charge in [-0.2, -0.15) is 5.10 Å². The summed E-state index contributed by atoms with van der Waals surface area (Å²) in [4.78, 5) is 13.2. The first-order chi connectivity index (χ1) is 15.8. The van der Waals surface area contributed by atoms with Gasteiger partial charge in [0, 0.05) is 23.6 Å². The largest absolute Gasteiger partial charge is 0.493 e. The summed E-state index contributed by atoms with van der Waals surface area (Å²) in [5, 5.41) is 7.98. The van der Waals surface area contributed by atoms with Crippen LogP contribution < -0.4 is 14.8 Å². The number of sulfone groups is 1. The molecule has 1 fully saturated rings. The molecule has 2 heterocycles. The lowest BCUT2D eigenvalue weighted by Gasteiger charge is -2.13. The number of para-hydroxylation sites is 1. The van der Waals surface area contributed by atoms with E-state index in [1.54, 1.807) is 25.0 Å². The van der Waals surface area contributed by atoms with Crippen molar-refractivity contribution in [3.8, 4) is 28.4 Å². The van der Waals surface area contributed by atoms with E-state index in [4.69, 9.17) is 21.1 Å². The summed E-state index contributed by atoms with van der Waals surface area (Å²) >= 11 is 6.48. The fraction of sp³-hybridized carbons (Fsp3) is 0.304. The van der Waals surface area contributed by atoms with E-state index in [0.717, 1.165) is 22.4 Å². The highest BCUT2D eigenvalue weighted by molar-refractivity contribution is 7.91. The molecule has 1 aliphatic heterocycles. The van der Waals surface area contributed by atoms with Gasteiger partial charge in [-0.15, -0.1) is 0 Å². The number of methoxy groups -OCH3 is 2. The number of hydrogen-bond acceptors (Lipinski definition) is 6. The van der Waals surface area contributed by atoms with E-state index in [1.807, 2.05) is 30.3 Å². The van der Waals surface area contributed by atoms with Crippen LogP contribution in [0.3, 0.4) is 0 Å². The van der Waals surface area contributed by atoms with Crippen LogP contribution in [0, 0.1) is 0 Å². The lowest BCUT2D eigenvalue weighted by molar-refractivity contribution is 0.0935. The van der Waals surface area contributed by atoms with E-state index in [-0.39, 0.29) is 17.2 Å². The van der Waals surface area contributed by atoms with Crippen LogP contribution in [0.15, 0.2) is 36.4 Å². The first-order valence-electron chi connectivity index (χ1n) is 10.4. The summed E-state index contributed by atoms with van der Waals surface area (Å²) in [6, 6.07) is 10.6. The maximum atomic E-state index is 13.2. The molecule has 1 aromatic heterocycles. The summed E-state index contributed by atoms with van der Waals surface area (Å²) in [5.41, 5.74) is 4.24. The summed E-state index contributed by atoms with van der Waals surface area (Å²) in [6.45, 7) is 0. The van der Waals surface area contributed by atoms with E-state index in [9.17, 15) is 13.2 Å². The molecule has 172 valence electrons. The summed E-state index contributed by atoms with van der Waals surface area (Å²) in [5.74, 6) is 0.792. The number of aromatic nitrogens is 2. The molecule has 3 aromatic rings. The first-order valence-corrected chi connectivity index (χ1v) is 12.6. The predicted octanol–water partition coefficient (Wildman–Crippen LogP) is 3.03. The highest BCUT2D eigenvalue weighted by atomic mass is 35.5. The van der Waals surface area contributed by atoms with Crippen LogP contribution in [0.4, 0.5) is 0 Å². The Labute approximate surface area is 196 Å². The average Bonchev–Trinajstić information content (AvgIpc) is 3.44. The SMILES string of the molecule is COc1cc2c(cc1OC)-c1c(c(C(=O)N[C@H]3CCS(=O)(=O)C3)nn1-c1ccccc1Cl)C2. The molecule has 5 rings (SSSR count). The topological polar surface area (TPSA) is 99.5 Å². The lowest BCUT2D eigenvalue weighted by atomic mass is 10.1. The van der Waals surface area contributed by atoms with Gasteiger partial charge in [0.1, 0.15) is 0 Å². The van der Waals surface area contributed by atoms with Gasteiger partial charge < -0.3 is 14.8 Å². The molecule has 0 saturated carbocycles. The lowest BCUT2D eigenvalue weighted by Crippen LogP contribution is -2.36. The van der Waals surface area contributed by atoms with Gasteiger partial charge in [0.2, 0.25) is 0 Å². The van der Waals surface area contributed by atoms with Crippen molar-refractivity contribution >= 4 is 27.3 Å². The molecule has 8 nitrogen and oxygen atoms in total. The summed E-state index contributed by atoms with van der Waals surface area (Å²) in [6.07, 6.45) is 0.872. The number of nitrogens with one attached hydrogen (secondary N) is 1. The van der Waals surface area contributed by atoms with Gasteiger partial charge in [-0.1, -0.05) is 23.7 Å². The molecule has 2 aliphatic rings. The Morgan fingerprint density at radius 2 is 1.91 bits per heavy atom. The number of amides is 1. The molecule has 10 heteroatoms. The first kappa shape index (κ1) is 21.8. The molecule has 0 spiro atoms. The van der Waals surface area contributed by atoms with Gasteiger partial charge in [0.05, 0.1) is 42.1 Å². The minimum atomic E-state index is -3.12. The second-order valence-corrected chi connectivity index (χ2v) is 10.8. The van der Waals surface area contributed by atoms with Gasteiger partial charge in [0.15, 0.2) is 27.0 Å². The van der Waals surface area contributed by atoms with E-state index in [2.05, 4.69) is 10.4 Å². The van der Waals surface area contributed by atoms with Gasteiger partial charge in [-0.3, -0.25) is 4.79 Å². The van der Waals surface area contributed by atoms with Gasteiger partial charge in [-0.25, -0.2) is 13.1 Å². The number of benzene rings is 2. The van der Waals surface area contributed by atoms with Crippen LogP contribution in [0.1, 0.15) is 28.0 Å². The fourth-order valence-electron chi connectivity index (χ4n) is 4.52. The number of rotatable bonds is 5. The zero-order valence-corrected chi connectivity index (χ0v) is 19.7. The Kier molecular flexibility index (Phi) is 5.33. The molecule has 0 unspecified atom stereocenters. The van der Waals surface area contributed by atoms with Crippen LogP contribution in [-0.2, 0) is 16.3 Å². The molecule has 33 heavy (non-hydrogen) atoms. The monoisotopic (exact) mass is 487 g/mol. The van der Waals surface area contributed by atoms with Crippen molar-refractivity contribution in [2.75, 3.05) is 25.7 Å². The molecular formula is C23H22ClN3O5S. The number of hydrogen-bond donors (Lipinski definition) is 1. The van der Waals surface area contributed by atoms with Crippen molar-refractivity contribution in [3.05, 3.63) is 58.2 Å². The normalized spacial score (nSPS) is 18.0. The summed E-state index contributed by atoms with van der Waals surface area (Å²) < 4.78 is 36.3. The average molecular weight is 488 g/mol. The second kappa shape index (κ2) is 8.07. The maximum Gasteiger partial charge on any atom is 0.272 e. The van der Waals surface area contributed by atoms with Crippen molar-refractivity contribution < 1.29 is 22.7 Å². The third-order valence-corrected chi connectivity index (χ3v) is 8.17. The third-order valence-electron chi connectivity index (χ3n) is 6.08. The molecular weight excluding hydrogens is 466 g/mol. The molecule has 0 bridgehead atoms. The Bertz CT molecular complexity index is 1380. The van der Waals surface area contributed by atoms with Crippen molar-refractivity contribution in [2.24, 2.45) is 0 Å². The highest BCUT2D eigenvalue weighted by Gasteiger charge is 2.35. The van der Waals surface area contributed by atoms with Gasteiger partial charge in [-0.05, 0) is 36.2 Å². The predicted molar refractivity (Wildman–Crippen MR) is 124 cm³/mol. The molecule has 1 amide bonds. The number of halogens is 1. The van der Waals surface area contributed by atoms with E-state index in [1.165, 1.54) is 0 Å². The number of fused-ring (bicyclic) bond motifs is 3. The minimum Gasteiger partial charge on any atom is -0.493 e. The Morgan fingerprint density at radius 3 is 2.58 bits per heavy atom. The molecule has 1 N–H and O–H groups in total. The number of carbonyl (C=O) groups is 1. The molecule has 0 radical (unpaired) electrons. The van der Waals surface area contributed by atoms with E-state index in [0.29, 0.717) is 35.1 Å². The van der Waals surface area contributed by atoms with Gasteiger partial charge >= 0.3 is 0 Å². The summed E-state index contributed by atoms with van der Waals surface area (Å²) in [7, 11) is 0.0223. The van der Waals surface area contributed by atoms with E-state index >= 15 is 0 Å². The Morgan fingerprint density at radius 1 is 1.18 bits per heavy atom. The Hall–Kier alpha value is -3.04. The van der Waals surface area contributed by atoms with Gasteiger partial charge in [0.25, 0.3) is 5.91 Å². The van der Waals surface area contributed by atoms with E-state index < -0.39 is 21.8 Å². The number of ether oxygens (including phenoxy) is 2. The smallest absolute Gasteiger partial charge is 0.272 e.